The van der Waals surface area contributed by atoms with Gasteiger partial charge < -0.3 is 5.73 Å². The summed E-state index contributed by atoms with van der Waals surface area (Å²) >= 11 is 5.26. The summed E-state index contributed by atoms with van der Waals surface area (Å²) in [5.74, 6) is -1.71. The maximum Gasteiger partial charge on any atom is 0.419 e. The molecule has 0 radical (unpaired) electrons. The van der Waals surface area contributed by atoms with Gasteiger partial charge in [-0.25, -0.2) is 4.39 Å². The maximum absolute atomic E-state index is 13.1. The lowest BCUT2D eigenvalue weighted by atomic mass is 10.1. The van der Waals surface area contributed by atoms with E-state index in [0.717, 1.165) is 6.07 Å². The molecule has 1 aromatic carbocycles. The fraction of sp³-hybridized carbons (Fsp3) is 0.250. The van der Waals surface area contributed by atoms with Gasteiger partial charge in [0.25, 0.3) is 0 Å². The zero-order valence-electron chi connectivity index (χ0n) is 6.83. The monoisotopic (exact) mass is 227 g/mol. The number of halogens is 5. The highest BCUT2D eigenvalue weighted by Crippen LogP contribution is 2.34. The van der Waals surface area contributed by atoms with Crippen LogP contribution in [-0.4, -0.2) is 0 Å². The van der Waals surface area contributed by atoms with Gasteiger partial charge in [-0.15, -0.1) is 11.6 Å². The maximum atomic E-state index is 13.1. The highest BCUT2D eigenvalue weighted by Gasteiger charge is 2.35. The van der Waals surface area contributed by atoms with Crippen LogP contribution in [0.3, 0.4) is 0 Å². The highest BCUT2D eigenvalue weighted by molar-refractivity contribution is 6.17. The smallest absolute Gasteiger partial charge is 0.399 e. The van der Waals surface area contributed by atoms with Gasteiger partial charge in [-0.3, -0.25) is 0 Å². The molecule has 0 aliphatic carbocycles. The van der Waals surface area contributed by atoms with Crippen LogP contribution in [-0.2, 0) is 12.1 Å². The molecule has 0 spiro atoms. The van der Waals surface area contributed by atoms with Crippen molar-refractivity contribution in [3.63, 3.8) is 0 Å². The molecule has 0 unspecified atom stereocenters. The minimum atomic E-state index is -4.75. The third-order valence-corrected chi connectivity index (χ3v) is 1.91. The summed E-state index contributed by atoms with van der Waals surface area (Å²) in [5.41, 5.74) is 3.38. The Kier molecular flexibility index (Phi) is 2.89. The first kappa shape index (κ1) is 11.1. The van der Waals surface area contributed by atoms with Gasteiger partial charge in [0.2, 0.25) is 0 Å². The molecule has 1 aromatic rings. The van der Waals surface area contributed by atoms with Crippen molar-refractivity contribution in [2.75, 3.05) is 5.73 Å². The molecule has 0 atom stereocenters. The van der Waals surface area contributed by atoms with E-state index < -0.39 is 17.6 Å². The van der Waals surface area contributed by atoms with Crippen molar-refractivity contribution in [2.24, 2.45) is 0 Å². The lowest BCUT2D eigenvalue weighted by Gasteiger charge is -2.11. The van der Waals surface area contributed by atoms with Crippen LogP contribution in [0.4, 0.5) is 23.2 Å². The standard InChI is InChI=1S/C8H6ClF4N/c9-3-4-1-5(14)2-6(7(4)10)8(11,12)13/h1-2H,3,14H2. The summed E-state index contributed by atoms with van der Waals surface area (Å²) in [7, 11) is 0. The second-order valence-corrected chi connectivity index (χ2v) is 2.94. The Bertz CT molecular complexity index is 348. The molecule has 0 heterocycles. The summed E-state index contributed by atoms with van der Waals surface area (Å²) < 4.78 is 49.7. The minimum absolute atomic E-state index is 0.158. The fourth-order valence-electron chi connectivity index (χ4n) is 1.01. The van der Waals surface area contributed by atoms with Crippen LogP contribution in [0.5, 0.6) is 0 Å². The van der Waals surface area contributed by atoms with Crippen LogP contribution in [0, 0.1) is 5.82 Å². The van der Waals surface area contributed by atoms with Crippen molar-refractivity contribution in [3.05, 3.63) is 29.1 Å². The van der Waals surface area contributed by atoms with Gasteiger partial charge in [0, 0.05) is 11.3 Å². The topological polar surface area (TPSA) is 26.0 Å². The predicted octanol–water partition coefficient (Wildman–Crippen LogP) is 3.17. The number of rotatable bonds is 1. The summed E-state index contributed by atoms with van der Waals surface area (Å²) in [6.45, 7) is 0. The third kappa shape index (κ3) is 2.09. The van der Waals surface area contributed by atoms with Crippen molar-refractivity contribution >= 4 is 17.3 Å². The Morgan fingerprint density at radius 1 is 1.29 bits per heavy atom. The predicted molar refractivity (Wildman–Crippen MR) is 45.4 cm³/mol. The molecule has 78 valence electrons. The Balaban J connectivity index is 3.37. The number of benzene rings is 1. The number of hydrogen-bond donors (Lipinski definition) is 1. The Labute approximate surface area is 82.5 Å². The molecule has 0 aliphatic rings. The molecular formula is C8H6ClF4N. The van der Waals surface area contributed by atoms with Crippen LogP contribution >= 0.6 is 11.6 Å². The van der Waals surface area contributed by atoms with E-state index in [2.05, 4.69) is 0 Å². The largest absolute Gasteiger partial charge is 0.419 e. The van der Waals surface area contributed by atoms with E-state index in [4.69, 9.17) is 17.3 Å². The van der Waals surface area contributed by atoms with Crippen LogP contribution in [0.15, 0.2) is 12.1 Å². The molecule has 0 aliphatic heterocycles. The number of nitrogens with two attached hydrogens (primary N) is 1. The number of nitrogen functional groups attached to an aromatic ring is 1. The van der Waals surface area contributed by atoms with Crippen molar-refractivity contribution in [1.82, 2.24) is 0 Å². The summed E-state index contributed by atoms with van der Waals surface area (Å²) in [6.07, 6.45) is -4.75. The van der Waals surface area contributed by atoms with E-state index in [-0.39, 0.29) is 17.1 Å². The zero-order valence-corrected chi connectivity index (χ0v) is 7.58. The van der Waals surface area contributed by atoms with Crippen LogP contribution in [0.2, 0.25) is 0 Å². The average Bonchev–Trinajstić information content (AvgIpc) is 2.06. The van der Waals surface area contributed by atoms with Crippen molar-refractivity contribution in [1.29, 1.82) is 0 Å². The normalized spacial score (nSPS) is 11.8. The SMILES string of the molecule is Nc1cc(CCl)c(F)c(C(F)(F)F)c1. The van der Waals surface area contributed by atoms with E-state index in [9.17, 15) is 17.6 Å². The molecule has 2 N–H and O–H groups in total. The first-order valence-electron chi connectivity index (χ1n) is 3.57. The average molecular weight is 228 g/mol. The van der Waals surface area contributed by atoms with Gasteiger partial charge >= 0.3 is 6.18 Å². The third-order valence-electron chi connectivity index (χ3n) is 1.62. The molecule has 0 saturated heterocycles. The second-order valence-electron chi connectivity index (χ2n) is 2.67. The van der Waals surface area contributed by atoms with Gasteiger partial charge in [-0.2, -0.15) is 13.2 Å². The molecular weight excluding hydrogens is 222 g/mol. The molecule has 0 amide bonds. The van der Waals surface area contributed by atoms with E-state index in [1.54, 1.807) is 0 Å². The summed E-state index contributed by atoms with van der Waals surface area (Å²) in [5, 5.41) is 0. The molecule has 1 nitrogen and oxygen atoms in total. The van der Waals surface area contributed by atoms with Gasteiger partial charge in [0.1, 0.15) is 5.82 Å². The molecule has 0 bridgehead atoms. The molecule has 14 heavy (non-hydrogen) atoms. The number of hydrogen-bond acceptors (Lipinski definition) is 1. The van der Waals surface area contributed by atoms with E-state index in [1.807, 2.05) is 0 Å². The molecule has 0 aromatic heterocycles. The molecule has 0 saturated carbocycles. The fourth-order valence-corrected chi connectivity index (χ4v) is 1.21. The van der Waals surface area contributed by atoms with E-state index >= 15 is 0 Å². The Morgan fingerprint density at radius 2 is 1.86 bits per heavy atom. The van der Waals surface area contributed by atoms with Crippen LogP contribution in [0.25, 0.3) is 0 Å². The molecule has 6 heteroatoms. The van der Waals surface area contributed by atoms with Crippen LogP contribution < -0.4 is 5.73 Å². The Hall–Kier alpha value is -0.970. The number of alkyl halides is 4. The summed E-state index contributed by atoms with van der Waals surface area (Å²) in [6, 6.07) is 1.63. The van der Waals surface area contributed by atoms with Crippen molar-refractivity contribution in [2.45, 2.75) is 12.1 Å². The summed E-state index contributed by atoms with van der Waals surface area (Å²) in [4.78, 5) is 0. The van der Waals surface area contributed by atoms with E-state index in [1.165, 1.54) is 0 Å². The first-order valence-corrected chi connectivity index (χ1v) is 4.10. The van der Waals surface area contributed by atoms with Gasteiger partial charge in [-0.05, 0) is 12.1 Å². The molecule has 1 rings (SSSR count). The minimum Gasteiger partial charge on any atom is -0.399 e. The number of anilines is 1. The lowest BCUT2D eigenvalue weighted by molar-refractivity contribution is -0.140. The van der Waals surface area contributed by atoms with Crippen molar-refractivity contribution < 1.29 is 17.6 Å². The zero-order chi connectivity index (χ0) is 10.9. The molecule has 0 fully saturated rings. The van der Waals surface area contributed by atoms with E-state index in [0.29, 0.717) is 6.07 Å². The van der Waals surface area contributed by atoms with Crippen LogP contribution in [0.1, 0.15) is 11.1 Å². The lowest BCUT2D eigenvalue weighted by Crippen LogP contribution is -2.10. The quantitative estimate of drug-likeness (QED) is 0.445. The second kappa shape index (κ2) is 3.65. The van der Waals surface area contributed by atoms with Gasteiger partial charge in [0.05, 0.1) is 11.4 Å². The first-order chi connectivity index (χ1) is 6.36. The highest BCUT2D eigenvalue weighted by atomic mass is 35.5. The van der Waals surface area contributed by atoms with Gasteiger partial charge in [-0.1, -0.05) is 0 Å². The van der Waals surface area contributed by atoms with Gasteiger partial charge in [0.15, 0.2) is 0 Å². The Morgan fingerprint density at radius 3 is 2.29 bits per heavy atom. The van der Waals surface area contributed by atoms with Crippen molar-refractivity contribution in [3.8, 4) is 0 Å².